The zero-order chi connectivity index (χ0) is 19.8. The largest absolute Gasteiger partial charge is 0.474 e. The molecule has 0 aromatic rings. The number of nitrogens with zero attached hydrogens (tertiary/aromatic N) is 3. The van der Waals surface area contributed by atoms with Crippen LogP contribution < -0.4 is 0 Å². The lowest BCUT2D eigenvalue weighted by Gasteiger charge is -2.24. The van der Waals surface area contributed by atoms with Crippen molar-refractivity contribution in [3.05, 3.63) is 0 Å². The fourth-order valence-electron chi connectivity index (χ4n) is 2.58. The second kappa shape index (κ2) is 23.5. The highest BCUT2D eigenvalue weighted by molar-refractivity contribution is 7.48. The van der Waals surface area contributed by atoms with Crippen molar-refractivity contribution in [2.45, 2.75) is 41.5 Å². The number of hydrogen-bond donors (Lipinski definition) is 0. The van der Waals surface area contributed by atoms with Crippen LogP contribution in [0.5, 0.6) is 0 Å². The van der Waals surface area contributed by atoms with Crippen LogP contribution in [0.1, 0.15) is 41.5 Å². The van der Waals surface area contributed by atoms with Crippen molar-refractivity contribution in [3.8, 4) is 0 Å². The minimum Gasteiger partial charge on any atom is -0.302 e. The van der Waals surface area contributed by atoms with Crippen molar-refractivity contribution in [2.75, 3.05) is 78.7 Å². The monoisotopic (exact) mass is 503 g/mol. The first-order valence-electron chi connectivity index (χ1n) is 10.2. The first kappa shape index (κ1) is 37.2. The number of phosphoric acid groups is 1. The standard InChI is InChI=1S/C18H42N3O4P.3ClH/c1-7-19(8-2)13-16-23-26(22,24-17-14-20(9-3)10-4)25-18-15-21(11-5)12-6;;;/h7-18H2,1-6H3;3*1H. The summed E-state index contributed by atoms with van der Waals surface area (Å²) >= 11 is 0. The van der Waals surface area contributed by atoms with Crippen molar-refractivity contribution in [1.29, 1.82) is 0 Å². The first-order valence-corrected chi connectivity index (χ1v) is 11.6. The van der Waals surface area contributed by atoms with Crippen LogP contribution in [0, 0.1) is 0 Å². The number of phosphoric ester groups is 1. The fraction of sp³-hybridized carbons (Fsp3) is 1.00. The highest BCUT2D eigenvalue weighted by Crippen LogP contribution is 2.49. The summed E-state index contributed by atoms with van der Waals surface area (Å²) in [5.41, 5.74) is 0. The molecule has 0 aromatic heterocycles. The Morgan fingerprint density at radius 3 is 0.897 bits per heavy atom. The predicted molar refractivity (Wildman–Crippen MR) is 131 cm³/mol. The van der Waals surface area contributed by atoms with Crippen LogP contribution in [-0.4, -0.2) is 93.4 Å². The molecule has 0 aliphatic heterocycles. The van der Waals surface area contributed by atoms with Gasteiger partial charge < -0.3 is 14.7 Å². The maximum absolute atomic E-state index is 13.0. The lowest BCUT2D eigenvalue weighted by molar-refractivity contribution is 0.0878. The molecule has 0 amide bonds. The molecule has 0 N–H and O–H groups in total. The van der Waals surface area contributed by atoms with Gasteiger partial charge >= 0.3 is 7.82 Å². The van der Waals surface area contributed by atoms with E-state index in [0.717, 1.165) is 58.9 Å². The predicted octanol–water partition coefficient (Wildman–Crippen LogP) is 4.44. The number of hydrogen-bond acceptors (Lipinski definition) is 7. The third-order valence-electron chi connectivity index (χ3n) is 4.65. The summed E-state index contributed by atoms with van der Waals surface area (Å²) in [6, 6.07) is 0. The molecule has 0 radical (unpaired) electrons. The SMILES string of the molecule is CCN(CC)CCOP(=O)(OCCN(CC)CC)OCCN(CC)CC.Cl.Cl.Cl. The van der Waals surface area contributed by atoms with Crippen molar-refractivity contribution in [3.63, 3.8) is 0 Å². The molecular formula is C18H45Cl3N3O4P. The van der Waals surface area contributed by atoms with E-state index in [1.165, 1.54) is 0 Å². The van der Waals surface area contributed by atoms with E-state index in [0.29, 0.717) is 19.8 Å². The maximum Gasteiger partial charge on any atom is 0.474 e. The van der Waals surface area contributed by atoms with E-state index in [9.17, 15) is 4.57 Å². The maximum atomic E-state index is 13.0. The number of halogens is 3. The third-order valence-corrected chi connectivity index (χ3v) is 6.15. The quantitative estimate of drug-likeness (QED) is 0.256. The molecule has 0 saturated carbocycles. The first-order chi connectivity index (χ1) is 12.5. The average molecular weight is 505 g/mol. The molecule has 0 atom stereocenters. The lowest BCUT2D eigenvalue weighted by atomic mass is 10.5. The molecule has 0 aliphatic carbocycles. The molecule has 0 saturated heterocycles. The van der Waals surface area contributed by atoms with Gasteiger partial charge in [-0.15, -0.1) is 37.2 Å². The molecule has 0 aromatic carbocycles. The van der Waals surface area contributed by atoms with Gasteiger partial charge in [0.15, 0.2) is 0 Å². The van der Waals surface area contributed by atoms with Gasteiger partial charge in [-0.3, -0.25) is 13.6 Å². The van der Waals surface area contributed by atoms with E-state index < -0.39 is 7.82 Å². The van der Waals surface area contributed by atoms with Crippen LogP contribution in [0.25, 0.3) is 0 Å². The molecule has 0 bridgehead atoms. The second-order valence-corrected chi connectivity index (χ2v) is 7.70. The Labute approximate surface area is 198 Å². The summed E-state index contributed by atoms with van der Waals surface area (Å²) in [6.45, 7) is 21.4. The molecule has 29 heavy (non-hydrogen) atoms. The van der Waals surface area contributed by atoms with Crippen LogP contribution >= 0.6 is 45.0 Å². The molecule has 0 heterocycles. The molecule has 7 nitrogen and oxygen atoms in total. The van der Waals surface area contributed by atoms with Crippen LogP contribution in [0.4, 0.5) is 0 Å². The van der Waals surface area contributed by atoms with Gasteiger partial charge in [-0.25, -0.2) is 4.57 Å². The highest BCUT2D eigenvalue weighted by atomic mass is 35.5. The zero-order valence-electron chi connectivity index (χ0n) is 19.1. The summed E-state index contributed by atoms with van der Waals surface area (Å²) < 4.78 is 29.7. The van der Waals surface area contributed by atoms with Crippen molar-refractivity contribution in [2.24, 2.45) is 0 Å². The smallest absolute Gasteiger partial charge is 0.302 e. The summed E-state index contributed by atoms with van der Waals surface area (Å²) in [4.78, 5) is 6.66. The van der Waals surface area contributed by atoms with Crippen molar-refractivity contribution >= 4 is 45.0 Å². The van der Waals surface area contributed by atoms with E-state index in [1.807, 2.05) is 0 Å². The molecule has 0 aliphatic rings. The summed E-state index contributed by atoms with van der Waals surface area (Å²) in [7, 11) is -3.53. The summed E-state index contributed by atoms with van der Waals surface area (Å²) in [5, 5.41) is 0. The van der Waals surface area contributed by atoms with Gasteiger partial charge in [0, 0.05) is 19.6 Å². The minimum absolute atomic E-state index is 0. The van der Waals surface area contributed by atoms with Crippen LogP contribution in [0.2, 0.25) is 0 Å². The number of rotatable bonds is 18. The molecule has 0 unspecified atom stereocenters. The van der Waals surface area contributed by atoms with E-state index in [-0.39, 0.29) is 37.2 Å². The lowest BCUT2D eigenvalue weighted by Crippen LogP contribution is -2.29. The normalized spacial score (nSPS) is 11.3. The molecule has 11 heteroatoms. The average Bonchev–Trinajstić information content (AvgIpc) is 2.66. The minimum atomic E-state index is -3.53. The van der Waals surface area contributed by atoms with E-state index in [4.69, 9.17) is 13.6 Å². The third kappa shape index (κ3) is 18.2. The Kier molecular flexibility index (Phi) is 30.2. The van der Waals surface area contributed by atoms with Crippen molar-refractivity contribution < 1.29 is 18.1 Å². The van der Waals surface area contributed by atoms with Gasteiger partial charge in [0.1, 0.15) is 0 Å². The van der Waals surface area contributed by atoms with Gasteiger partial charge in [0.25, 0.3) is 0 Å². The zero-order valence-corrected chi connectivity index (χ0v) is 22.5. The van der Waals surface area contributed by atoms with Gasteiger partial charge in [0.2, 0.25) is 0 Å². The van der Waals surface area contributed by atoms with E-state index in [1.54, 1.807) is 0 Å². The van der Waals surface area contributed by atoms with E-state index in [2.05, 4.69) is 56.2 Å². The topological polar surface area (TPSA) is 54.5 Å². The Bertz CT molecular complexity index is 324. The van der Waals surface area contributed by atoms with E-state index >= 15 is 0 Å². The van der Waals surface area contributed by atoms with Crippen LogP contribution in [-0.2, 0) is 18.1 Å². The van der Waals surface area contributed by atoms with Crippen LogP contribution in [0.3, 0.4) is 0 Å². The molecule has 182 valence electrons. The highest BCUT2D eigenvalue weighted by Gasteiger charge is 2.27. The van der Waals surface area contributed by atoms with Gasteiger partial charge in [-0.05, 0) is 39.3 Å². The second-order valence-electron chi connectivity index (χ2n) is 6.03. The molecular weight excluding hydrogens is 460 g/mol. The van der Waals surface area contributed by atoms with Gasteiger partial charge in [0.05, 0.1) is 19.8 Å². The van der Waals surface area contributed by atoms with Crippen LogP contribution in [0.15, 0.2) is 0 Å². The van der Waals surface area contributed by atoms with Gasteiger partial charge in [-0.1, -0.05) is 41.5 Å². The fourth-order valence-corrected chi connectivity index (χ4v) is 3.72. The Hall–Kier alpha value is 0.860. The molecule has 0 spiro atoms. The molecule has 0 fully saturated rings. The van der Waals surface area contributed by atoms with Crippen molar-refractivity contribution in [1.82, 2.24) is 14.7 Å². The number of likely N-dealkylation sites (N-methyl/N-ethyl adjacent to an activating group) is 3. The Balaban J connectivity index is -0.00000104. The summed E-state index contributed by atoms with van der Waals surface area (Å²) in [6.07, 6.45) is 0. The molecule has 0 rings (SSSR count). The summed E-state index contributed by atoms with van der Waals surface area (Å²) in [5.74, 6) is 0. The Morgan fingerprint density at radius 2 is 0.724 bits per heavy atom. The Morgan fingerprint density at radius 1 is 0.517 bits per heavy atom. The van der Waals surface area contributed by atoms with Gasteiger partial charge in [-0.2, -0.15) is 0 Å².